The third kappa shape index (κ3) is 3.94. The van der Waals surface area contributed by atoms with Gasteiger partial charge in [-0.05, 0) is 43.2 Å². The van der Waals surface area contributed by atoms with E-state index in [2.05, 4.69) is 15.5 Å². The number of nitrogens with one attached hydrogen (secondary N) is 1. The van der Waals surface area contributed by atoms with Gasteiger partial charge in [0.25, 0.3) is 5.91 Å². The van der Waals surface area contributed by atoms with Crippen LogP contribution >= 0.6 is 11.6 Å². The highest BCUT2D eigenvalue weighted by atomic mass is 35.5. The average molecular weight is 374 g/mol. The van der Waals surface area contributed by atoms with Crippen molar-refractivity contribution < 1.29 is 9.59 Å². The fourth-order valence-corrected chi connectivity index (χ4v) is 3.29. The Balaban J connectivity index is 1.69. The lowest BCUT2D eigenvalue weighted by Crippen LogP contribution is -2.46. The van der Waals surface area contributed by atoms with Crippen LogP contribution in [0.25, 0.3) is 0 Å². The predicted molar refractivity (Wildman–Crippen MR) is 101 cm³/mol. The second kappa shape index (κ2) is 7.70. The molecule has 0 unspecified atom stereocenters. The summed E-state index contributed by atoms with van der Waals surface area (Å²) >= 11 is 6.23. The summed E-state index contributed by atoms with van der Waals surface area (Å²) in [7, 11) is 0. The largest absolute Gasteiger partial charge is 0.352 e. The molecule has 136 valence electrons. The Kier molecular flexibility index (Phi) is 5.37. The minimum Gasteiger partial charge on any atom is -0.352 e. The second-order valence-electron chi connectivity index (χ2n) is 6.30. The molecule has 0 radical (unpaired) electrons. The second-order valence-corrected chi connectivity index (χ2v) is 6.71. The van der Waals surface area contributed by atoms with Crippen LogP contribution in [0.1, 0.15) is 21.6 Å². The SMILES string of the molecule is Cc1cc(C)c(NC(=O)c2ccc(N3CCN(C=O)CC3)nn2)c(Cl)c1. The van der Waals surface area contributed by atoms with Crippen LogP contribution in [0.4, 0.5) is 11.5 Å². The summed E-state index contributed by atoms with van der Waals surface area (Å²) in [5, 5.41) is 11.5. The van der Waals surface area contributed by atoms with E-state index in [4.69, 9.17) is 11.6 Å². The van der Waals surface area contributed by atoms with Crippen LogP contribution in [-0.4, -0.2) is 53.6 Å². The summed E-state index contributed by atoms with van der Waals surface area (Å²) in [6.45, 7) is 6.53. The van der Waals surface area contributed by atoms with E-state index in [9.17, 15) is 9.59 Å². The van der Waals surface area contributed by atoms with Crippen LogP contribution in [0.5, 0.6) is 0 Å². The number of hydrogen-bond acceptors (Lipinski definition) is 5. The molecule has 1 aliphatic heterocycles. The van der Waals surface area contributed by atoms with Crippen molar-refractivity contribution in [2.75, 3.05) is 36.4 Å². The average Bonchev–Trinajstić information content (AvgIpc) is 2.64. The molecule has 8 heteroatoms. The standard InChI is InChI=1S/C18H20ClN5O2/c1-12-9-13(2)17(14(19)10-12)20-18(26)15-3-4-16(22-21-15)24-7-5-23(11-25)6-8-24/h3-4,9-11H,5-8H2,1-2H3,(H,20,26). The van der Waals surface area contributed by atoms with Crippen molar-refractivity contribution in [3.05, 3.63) is 46.1 Å². The van der Waals surface area contributed by atoms with Gasteiger partial charge in [0.2, 0.25) is 6.41 Å². The highest BCUT2D eigenvalue weighted by Crippen LogP contribution is 2.27. The molecule has 2 heterocycles. The van der Waals surface area contributed by atoms with Gasteiger partial charge in [-0.2, -0.15) is 0 Å². The number of halogens is 1. The van der Waals surface area contributed by atoms with Gasteiger partial charge >= 0.3 is 0 Å². The molecular formula is C18H20ClN5O2. The number of amides is 2. The first-order valence-electron chi connectivity index (χ1n) is 8.34. The summed E-state index contributed by atoms with van der Waals surface area (Å²) in [6.07, 6.45) is 0.856. The van der Waals surface area contributed by atoms with Crippen LogP contribution in [0.2, 0.25) is 5.02 Å². The molecule has 1 N–H and O–H groups in total. The van der Waals surface area contributed by atoms with Crippen molar-refractivity contribution in [1.29, 1.82) is 0 Å². The van der Waals surface area contributed by atoms with Gasteiger partial charge in [-0.25, -0.2) is 0 Å². The zero-order valence-corrected chi connectivity index (χ0v) is 15.5. The number of carbonyl (C=O) groups excluding carboxylic acids is 2. The molecule has 1 fully saturated rings. The van der Waals surface area contributed by atoms with E-state index in [0.29, 0.717) is 42.7 Å². The Morgan fingerprint density at radius 2 is 1.88 bits per heavy atom. The summed E-state index contributed by atoms with van der Waals surface area (Å²) in [4.78, 5) is 27.0. The molecule has 26 heavy (non-hydrogen) atoms. The Morgan fingerprint density at radius 3 is 2.46 bits per heavy atom. The molecule has 1 aromatic heterocycles. The Bertz CT molecular complexity index is 794. The molecule has 0 saturated carbocycles. The maximum absolute atomic E-state index is 12.4. The maximum Gasteiger partial charge on any atom is 0.276 e. The highest BCUT2D eigenvalue weighted by molar-refractivity contribution is 6.34. The molecule has 0 spiro atoms. The molecule has 1 aromatic carbocycles. The zero-order valence-electron chi connectivity index (χ0n) is 14.7. The summed E-state index contributed by atoms with van der Waals surface area (Å²) < 4.78 is 0. The van der Waals surface area contributed by atoms with E-state index >= 15 is 0 Å². The third-order valence-electron chi connectivity index (χ3n) is 4.34. The third-order valence-corrected chi connectivity index (χ3v) is 4.64. The van der Waals surface area contributed by atoms with Crippen LogP contribution in [0.15, 0.2) is 24.3 Å². The Hall–Kier alpha value is -2.67. The number of nitrogens with zero attached hydrogens (tertiary/aromatic N) is 4. The summed E-state index contributed by atoms with van der Waals surface area (Å²) in [6, 6.07) is 7.16. The Labute approximate surface area is 157 Å². The van der Waals surface area contributed by atoms with Gasteiger partial charge in [-0.3, -0.25) is 9.59 Å². The van der Waals surface area contributed by atoms with E-state index in [1.165, 1.54) is 0 Å². The topological polar surface area (TPSA) is 78.4 Å². The summed E-state index contributed by atoms with van der Waals surface area (Å²) in [5.74, 6) is 0.334. The van der Waals surface area contributed by atoms with Crippen molar-refractivity contribution in [2.24, 2.45) is 0 Å². The molecule has 0 aliphatic carbocycles. The lowest BCUT2D eigenvalue weighted by Gasteiger charge is -2.32. The van der Waals surface area contributed by atoms with Gasteiger partial charge in [0.15, 0.2) is 11.5 Å². The molecule has 1 aliphatic rings. The Morgan fingerprint density at radius 1 is 1.15 bits per heavy atom. The van der Waals surface area contributed by atoms with Gasteiger partial charge in [-0.15, -0.1) is 10.2 Å². The van der Waals surface area contributed by atoms with Gasteiger partial charge in [0, 0.05) is 26.2 Å². The molecule has 1 saturated heterocycles. The molecular weight excluding hydrogens is 354 g/mol. The van der Waals surface area contributed by atoms with Crippen LogP contribution in [-0.2, 0) is 4.79 Å². The summed E-state index contributed by atoms with van der Waals surface area (Å²) in [5.41, 5.74) is 2.72. The van der Waals surface area contributed by atoms with Crippen molar-refractivity contribution in [1.82, 2.24) is 15.1 Å². The number of carbonyl (C=O) groups is 2. The van der Waals surface area contributed by atoms with Gasteiger partial charge in [0.05, 0.1) is 10.7 Å². The fraction of sp³-hybridized carbons (Fsp3) is 0.333. The smallest absolute Gasteiger partial charge is 0.276 e. The molecule has 7 nitrogen and oxygen atoms in total. The molecule has 2 aromatic rings. The number of aryl methyl sites for hydroxylation is 2. The zero-order chi connectivity index (χ0) is 18.7. The normalized spacial score (nSPS) is 14.3. The number of rotatable bonds is 4. The lowest BCUT2D eigenvalue weighted by molar-refractivity contribution is -0.118. The van der Waals surface area contributed by atoms with Crippen molar-refractivity contribution in [3.8, 4) is 0 Å². The minimum atomic E-state index is -0.358. The van der Waals surface area contributed by atoms with E-state index < -0.39 is 0 Å². The molecule has 2 amide bonds. The predicted octanol–water partition coefficient (Wildman–Crippen LogP) is 2.28. The van der Waals surface area contributed by atoms with Gasteiger partial charge in [-0.1, -0.05) is 17.7 Å². The number of hydrogen-bond donors (Lipinski definition) is 1. The molecule has 0 bridgehead atoms. The van der Waals surface area contributed by atoms with Crippen molar-refractivity contribution in [2.45, 2.75) is 13.8 Å². The van der Waals surface area contributed by atoms with Crippen molar-refractivity contribution >= 4 is 35.4 Å². The number of anilines is 2. The minimum absolute atomic E-state index is 0.219. The number of aromatic nitrogens is 2. The van der Waals surface area contributed by atoms with E-state index in [-0.39, 0.29) is 11.6 Å². The molecule has 0 atom stereocenters. The first kappa shape index (κ1) is 18.1. The van der Waals surface area contributed by atoms with E-state index in [1.807, 2.05) is 24.8 Å². The molecule has 3 rings (SSSR count). The fourth-order valence-electron chi connectivity index (χ4n) is 2.92. The highest BCUT2D eigenvalue weighted by Gasteiger charge is 2.18. The first-order valence-corrected chi connectivity index (χ1v) is 8.72. The lowest BCUT2D eigenvalue weighted by atomic mass is 10.1. The van der Waals surface area contributed by atoms with Gasteiger partial charge < -0.3 is 15.1 Å². The van der Waals surface area contributed by atoms with E-state index in [1.54, 1.807) is 23.1 Å². The van der Waals surface area contributed by atoms with Crippen LogP contribution in [0, 0.1) is 13.8 Å². The quantitative estimate of drug-likeness (QED) is 0.832. The number of benzene rings is 1. The van der Waals surface area contributed by atoms with E-state index in [0.717, 1.165) is 17.5 Å². The van der Waals surface area contributed by atoms with Gasteiger partial charge in [0.1, 0.15) is 0 Å². The van der Waals surface area contributed by atoms with Crippen LogP contribution < -0.4 is 10.2 Å². The first-order chi connectivity index (χ1) is 12.5. The van der Waals surface area contributed by atoms with Crippen LogP contribution in [0.3, 0.4) is 0 Å². The van der Waals surface area contributed by atoms with Crippen molar-refractivity contribution in [3.63, 3.8) is 0 Å². The number of piperazine rings is 1. The maximum atomic E-state index is 12.4. The monoisotopic (exact) mass is 373 g/mol.